The Kier molecular flexibility index (Phi) is 3.42. The van der Waals surface area contributed by atoms with Gasteiger partial charge in [-0.2, -0.15) is 0 Å². The van der Waals surface area contributed by atoms with Crippen LogP contribution in [0.2, 0.25) is 0 Å². The van der Waals surface area contributed by atoms with E-state index in [-0.39, 0.29) is 11.9 Å². The van der Waals surface area contributed by atoms with Crippen LogP contribution in [0.25, 0.3) is 0 Å². The molecule has 2 aliphatic rings. The fourth-order valence-corrected chi connectivity index (χ4v) is 2.57. The van der Waals surface area contributed by atoms with Crippen molar-refractivity contribution in [3.63, 3.8) is 0 Å². The molecule has 1 aromatic rings. The second-order valence-electron chi connectivity index (χ2n) is 5.41. The number of carbonyl (C=O) groups excluding carboxylic acids is 1. The summed E-state index contributed by atoms with van der Waals surface area (Å²) in [5.74, 6) is 0.983. The molecule has 0 radical (unpaired) electrons. The van der Waals surface area contributed by atoms with Crippen LogP contribution in [-0.4, -0.2) is 18.6 Å². The van der Waals surface area contributed by atoms with E-state index in [0.29, 0.717) is 19.1 Å². The summed E-state index contributed by atoms with van der Waals surface area (Å²) in [5, 5.41) is 2.96. The summed E-state index contributed by atoms with van der Waals surface area (Å²) in [5.41, 5.74) is 8.45. The standard InChI is InChI=1S/C15H20N2O2/c16-13-7-6-12-11(13)2-1-3-14(12)19-9-8-15(18)17-10-4-5-10/h1-3,10,13H,4-9,16H2,(H,17,18). The first kappa shape index (κ1) is 12.5. The summed E-state index contributed by atoms with van der Waals surface area (Å²) in [6, 6.07) is 6.57. The van der Waals surface area contributed by atoms with Gasteiger partial charge in [-0.25, -0.2) is 0 Å². The zero-order chi connectivity index (χ0) is 13.2. The molecule has 1 amide bonds. The number of fused-ring (bicyclic) bond motifs is 1. The van der Waals surface area contributed by atoms with Crippen LogP contribution < -0.4 is 15.8 Å². The van der Waals surface area contributed by atoms with Crippen LogP contribution in [0.15, 0.2) is 18.2 Å². The SMILES string of the molecule is NC1CCc2c(OCCC(=O)NC3CC3)cccc21. The lowest BCUT2D eigenvalue weighted by molar-refractivity contribution is -0.121. The normalized spacial score (nSPS) is 21.0. The highest BCUT2D eigenvalue weighted by Crippen LogP contribution is 2.35. The average Bonchev–Trinajstić information content (AvgIpc) is 3.12. The van der Waals surface area contributed by atoms with Gasteiger partial charge in [-0.3, -0.25) is 4.79 Å². The molecule has 0 heterocycles. The maximum atomic E-state index is 11.6. The van der Waals surface area contributed by atoms with Crippen molar-refractivity contribution < 1.29 is 9.53 Å². The van der Waals surface area contributed by atoms with Crippen molar-refractivity contribution in [2.24, 2.45) is 5.73 Å². The second-order valence-corrected chi connectivity index (χ2v) is 5.41. The van der Waals surface area contributed by atoms with Crippen molar-refractivity contribution in [3.8, 4) is 5.75 Å². The molecular formula is C15H20N2O2. The quantitative estimate of drug-likeness (QED) is 0.846. The number of nitrogens with one attached hydrogen (secondary N) is 1. The van der Waals surface area contributed by atoms with Crippen molar-refractivity contribution in [3.05, 3.63) is 29.3 Å². The van der Waals surface area contributed by atoms with E-state index in [0.717, 1.165) is 31.4 Å². The van der Waals surface area contributed by atoms with E-state index in [1.54, 1.807) is 0 Å². The molecule has 4 heteroatoms. The largest absolute Gasteiger partial charge is 0.493 e. The molecule has 4 nitrogen and oxygen atoms in total. The van der Waals surface area contributed by atoms with Crippen LogP contribution in [-0.2, 0) is 11.2 Å². The molecule has 1 saturated carbocycles. The first-order valence-electron chi connectivity index (χ1n) is 7.03. The van der Waals surface area contributed by atoms with Crippen molar-refractivity contribution in [1.29, 1.82) is 0 Å². The molecule has 1 atom stereocenters. The first-order valence-corrected chi connectivity index (χ1v) is 7.03. The van der Waals surface area contributed by atoms with E-state index in [9.17, 15) is 4.79 Å². The Morgan fingerprint density at radius 2 is 2.21 bits per heavy atom. The van der Waals surface area contributed by atoms with Crippen molar-refractivity contribution in [2.45, 2.75) is 44.2 Å². The van der Waals surface area contributed by atoms with Gasteiger partial charge in [0, 0.05) is 12.1 Å². The van der Waals surface area contributed by atoms with E-state index in [1.807, 2.05) is 12.1 Å². The molecule has 1 unspecified atom stereocenters. The topological polar surface area (TPSA) is 64.3 Å². The van der Waals surface area contributed by atoms with Gasteiger partial charge in [0.2, 0.25) is 5.91 Å². The molecule has 0 spiro atoms. The first-order chi connectivity index (χ1) is 9.24. The Hall–Kier alpha value is -1.55. The molecule has 102 valence electrons. The molecule has 0 aromatic heterocycles. The van der Waals surface area contributed by atoms with Crippen molar-refractivity contribution >= 4 is 5.91 Å². The molecule has 19 heavy (non-hydrogen) atoms. The monoisotopic (exact) mass is 260 g/mol. The predicted octanol–water partition coefficient (Wildman–Crippen LogP) is 1.68. The lowest BCUT2D eigenvalue weighted by atomic mass is 10.1. The highest BCUT2D eigenvalue weighted by molar-refractivity contribution is 5.76. The highest BCUT2D eigenvalue weighted by Gasteiger charge is 2.24. The minimum Gasteiger partial charge on any atom is -0.493 e. The molecule has 1 aromatic carbocycles. The van der Waals surface area contributed by atoms with Crippen LogP contribution in [0.3, 0.4) is 0 Å². The van der Waals surface area contributed by atoms with Crippen LogP contribution in [0.4, 0.5) is 0 Å². The number of rotatable bonds is 5. The summed E-state index contributed by atoms with van der Waals surface area (Å²) >= 11 is 0. The molecule has 2 aliphatic carbocycles. The van der Waals surface area contributed by atoms with Gasteiger partial charge in [0.25, 0.3) is 0 Å². The minimum atomic E-state index is 0.0896. The van der Waals surface area contributed by atoms with Gasteiger partial charge in [0.15, 0.2) is 0 Å². The van der Waals surface area contributed by atoms with Gasteiger partial charge >= 0.3 is 0 Å². The Labute approximate surface area is 113 Å². The van der Waals surface area contributed by atoms with Gasteiger partial charge in [-0.15, -0.1) is 0 Å². The zero-order valence-corrected chi connectivity index (χ0v) is 11.0. The number of hydrogen-bond acceptors (Lipinski definition) is 3. The van der Waals surface area contributed by atoms with E-state index < -0.39 is 0 Å². The number of carbonyl (C=O) groups is 1. The summed E-state index contributed by atoms with van der Waals surface area (Å²) in [4.78, 5) is 11.6. The molecule has 0 saturated heterocycles. The fourth-order valence-electron chi connectivity index (χ4n) is 2.57. The molecule has 1 fully saturated rings. The smallest absolute Gasteiger partial charge is 0.223 e. The predicted molar refractivity (Wildman–Crippen MR) is 73.0 cm³/mol. The van der Waals surface area contributed by atoms with Gasteiger partial charge in [-0.1, -0.05) is 12.1 Å². The maximum Gasteiger partial charge on any atom is 0.223 e. The van der Waals surface area contributed by atoms with Gasteiger partial charge < -0.3 is 15.8 Å². The molecule has 0 aliphatic heterocycles. The van der Waals surface area contributed by atoms with Gasteiger partial charge in [-0.05, 0) is 42.9 Å². The minimum absolute atomic E-state index is 0.0896. The number of hydrogen-bond donors (Lipinski definition) is 2. The Morgan fingerprint density at radius 3 is 3.00 bits per heavy atom. The van der Waals surface area contributed by atoms with Crippen molar-refractivity contribution in [1.82, 2.24) is 5.32 Å². The van der Waals surface area contributed by atoms with Crippen LogP contribution in [0, 0.1) is 0 Å². The Bertz CT molecular complexity index is 483. The van der Waals surface area contributed by atoms with Crippen molar-refractivity contribution in [2.75, 3.05) is 6.61 Å². The summed E-state index contributed by atoms with van der Waals surface area (Å²) < 4.78 is 5.75. The van der Waals surface area contributed by atoms with Gasteiger partial charge in [0.1, 0.15) is 5.75 Å². The van der Waals surface area contributed by atoms with Gasteiger partial charge in [0.05, 0.1) is 13.0 Å². The van der Waals surface area contributed by atoms with Crippen LogP contribution in [0.1, 0.15) is 42.9 Å². The Morgan fingerprint density at radius 1 is 1.37 bits per heavy atom. The third kappa shape index (κ3) is 2.89. The van der Waals surface area contributed by atoms with Crippen LogP contribution >= 0.6 is 0 Å². The van der Waals surface area contributed by atoms with Crippen LogP contribution in [0.5, 0.6) is 5.75 Å². The lowest BCUT2D eigenvalue weighted by Crippen LogP contribution is -2.26. The van der Waals surface area contributed by atoms with E-state index >= 15 is 0 Å². The summed E-state index contributed by atoms with van der Waals surface area (Å²) in [6.07, 6.45) is 4.62. The summed E-state index contributed by atoms with van der Waals surface area (Å²) in [7, 11) is 0. The molecular weight excluding hydrogens is 240 g/mol. The Balaban J connectivity index is 1.54. The number of amides is 1. The number of benzene rings is 1. The molecule has 0 bridgehead atoms. The van der Waals surface area contributed by atoms with E-state index in [2.05, 4.69) is 11.4 Å². The molecule has 3 rings (SSSR count). The highest BCUT2D eigenvalue weighted by atomic mass is 16.5. The molecule has 3 N–H and O–H groups in total. The average molecular weight is 260 g/mol. The number of nitrogens with two attached hydrogens (primary N) is 1. The third-order valence-corrected chi connectivity index (χ3v) is 3.80. The summed E-state index contributed by atoms with van der Waals surface area (Å²) in [6.45, 7) is 0.435. The second kappa shape index (κ2) is 5.21. The van der Waals surface area contributed by atoms with E-state index in [4.69, 9.17) is 10.5 Å². The third-order valence-electron chi connectivity index (χ3n) is 3.80. The van der Waals surface area contributed by atoms with E-state index in [1.165, 1.54) is 11.1 Å². The zero-order valence-electron chi connectivity index (χ0n) is 11.0. The maximum absolute atomic E-state index is 11.6. The fraction of sp³-hybridized carbons (Fsp3) is 0.533. The lowest BCUT2D eigenvalue weighted by Gasteiger charge is -2.11. The number of ether oxygens (including phenoxy) is 1.